The molecule has 0 radical (unpaired) electrons. The Kier molecular flexibility index (Phi) is 3.69. The number of rotatable bonds is 2. The van der Waals surface area contributed by atoms with E-state index < -0.39 is 0 Å². The molecule has 4 nitrogen and oxygen atoms in total. The van der Waals surface area contributed by atoms with Crippen LogP contribution in [0.25, 0.3) is 0 Å². The van der Waals surface area contributed by atoms with E-state index in [4.69, 9.17) is 4.42 Å². The second-order valence-electron chi connectivity index (χ2n) is 5.44. The van der Waals surface area contributed by atoms with Gasteiger partial charge in [-0.05, 0) is 32.0 Å². The average molecular weight is 284 g/mol. The zero-order valence-corrected chi connectivity index (χ0v) is 12.5. The molecule has 1 fully saturated rings. The van der Waals surface area contributed by atoms with Gasteiger partial charge in [0.15, 0.2) is 0 Å². The van der Waals surface area contributed by atoms with Crippen LogP contribution in [0.3, 0.4) is 0 Å². The summed E-state index contributed by atoms with van der Waals surface area (Å²) in [5.41, 5.74) is 1.92. The summed E-state index contributed by atoms with van der Waals surface area (Å²) in [5, 5.41) is 0. The minimum absolute atomic E-state index is 0.0806. The number of nitrogens with zero attached hydrogens (tertiary/aromatic N) is 2. The van der Waals surface area contributed by atoms with E-state index in [2.05, 4.69) is 17.0 Å². The van der Waals surface area contributed by atoms with Crippen LogP contribution in [0.2, 0.25) is 0 Å². The Morgan fingerprint density at radius 1 is 1.05 bits per heavy atom. The van der Waals surface area contributed by atoms with Crippen LogP contribution in [0.5, 0.6) is 0 Å². The van der Waals surface area contributed by atoms with Crippen molar-refractivity contribution >= 4 is 11.6 Å². The number of amides is 1. The van der Waals surface area contributed by atoms with E-state index in [0.717, 1.165) is 31.9 Å². The topological polar surface area (TPSA) is 36.7 Å². The average Bonchev–Trinajstić information content (AvgIpc) is 2.86. The van der Waals surface area contributed by atoms with E-state index in [1.807, 2.05) is 43.0 Å². The second-order valence-corrected chi connectivity index (χ2v) is 5.44. The quantitative estimate of drug-likeness (QED) is 0.851. The van der Waals surface area contributed by atoms with E-state index in [1.54, 1.807) is 0 Å². The molecule has 1 saturated heterocycles. The van der Waals surface area contributed by atoms with Gasteiger partial charge < -0.3 is 14.2 Å². The summed E-state index contributed by atoms with van der Waals surface area (Å²) in [6.45, 7) is 6.95. The van der Waals surface area contributed by atoms with Gasteiger partial charge in [0.25, 0.3) is 5.91 Å². The lowest BCUT2D eigenvalue weighted by Gasteiger charge is -2.36. The normalized spacial score (nSPS) is 15.3. The van der Waals surface area contributed by atoms with Crippen molar-refractivity contribution in [1.82, 2.24) is 4.90 Å². The standard InChI is InChI=1S/C17H20N2O2/c1-13-12-16(14(2)21-13)17(20)19-10-8-18(9-11-19)15-6-4-3-5-7-15/h3-7,12H,8-11H2,1-2H3. The third kappa shape index (κ3) is 2.79. The van der Waals surface area contributed by atoms with Crippen molar-refractivity contribution in [3.63, 3.8) is 0 Å². The molecule has 0 spiro atoms. The maximum atomic E-state index is 12.5. The third-order valence-corrected chi connectivity index (χ3v) is 3.96. The monoisotopic (exact) mass is 284 g/mol. The fraction of sp³-hybridized carbons (Fsp3) is 0.353. The largest absolute Gasteiger partial charge is 0.466 e. The Bertz CT molecular complexity index is 625. The predicted octanol–water partition coefficient (Wildman–Crippen LogP) is 2.86. The van der Waals surface area contributed by atoms with E-state index in [0.29, 0.717) is 11.3 Å². The molecule has 0 saturated carbocycles. The molecule has 0 bridgehead atoms. The van der Waals surface area contributed by atoms with Crippen LogP contribution in [0, 0.1) is 13.8 Å². The van der Waals surface area contributed by atoms with Gasteiger partial charge in [-0.15, -0.1) is 0 Å². The Labute approximate surface area is 125 Å². The zero-order chi connectivity index (χ0) is 14.8. The summed E-state index contributed by atoms with van der Waals surface area (Å²) in [7, 11) is 0. The number of carbonyl (C=O) groups excluding carboxylic acids is 1. The van der Waals surface area contributed by atoms with Gasteiger partial charge in [0.05, 0.1) is 5.56 Å². The first kappa shape index (κ1) is 13.7. The molecular weight excluding hydrogens is 264 g/mol. The number of aryl methyl sites for hydroxylation is 2. The van der Waals surface area contributed by atoms with Crippen LogP contribution in [0.1, 0.15) is 21.9 Å². The van der Waals surface area contributed by atoms with Gasteiger partial charge in [-0.3, -0.25) is 4.79 Å². The van der Waals surface area contributed by atoms with Gasteiger partial charge in [0.2, 0.25) is 0 Å². The van der Waals surface area contributed by atoms with Crippen LogP contribution < -0.4 is 4.90 Å². The van der Waals surface area contributed by atoms with Gasteiger partial charge in [0.1, 0.15) is 11.5 Å². The number of hydrogen-bond acceptors (Lipinski definition) is 3. The van der Waals surface area contributed by atoms with Crippen LogP contribution in [0.15, 0.2) is 40.8 Å². The Balaban J connectivity index is 1.66. The molecule has 1 aliphatic heterocycles. The van der Waals surface area contributed by atoms with E-state index >= 15 is 0 Å². The molecule has 0 atom stereocenters. The summed E-state index contributed by atoms with van der Waals surface area (Å²) in [6, 6.07) is 12.2. The van der Waals surface area contributed by atoms with Gasteiger partial charge in [0, 0.05) is 31.9 Å². The second kappa shape index (κ2) is 5.64. The maximum absolute atomic E-state index is 12.5. The number of piperazine rings is 1. The minimum Gasteiger partial charge on any atom is -0.466 e. The van der Waals surface area contributed by atoms with Crippen LogP contribution in [0.4, 0.5) is 5.69 Å². The summed E-state index contributed by atoms with van der Waals surface area (Å²) < 4.78 is 5.46. The smallest absolute Gasteiger partial charge is 0.257 e. The summed E-state index contributed by atoms with van der Waals surface area (Å²) in [6.07, 6.45) is 0. The van der Waals surface area contributed by atoms with Crippen LogP contribution in [-0.4, -0.2) is 37.0 Å². The lowest BCUT2D eigenvalue weighted by atomic mass is 10.2. The highest BCUT2D eigenvalue weighted by Crippen LogP contribution is 2.19. The molecule has 2 heterocycles. The van der Waals surface area contributed by atoms with Gasteiger partial charge in [-0.1, -0.05) is 18.2 Å². The van der Waals surface area contributed by atoms with Crippen molar-refractivity contribution in [3.05, 3.63) is 53.5 Å². The van der Waals surface area contributed by atoms with E-state index in [9.17, 15) is 4.79 Å². The fourth-order valence-electron chi connectivity index (χ4n) is 2.82. The Morgan fingerprint density at radius 3 is 2.29 bits per heavy atom. The molecule has 1 aromatic heterocycles. The minimum atomic E-state index is 0.0806. The molecule has 21 heavy (non-hydrogen) atoms. The van der Waals surface area contributed by atoms with E-state index in [-0.39, 0.29) is 5.91 Å². The van der Waals surface area contributed by atoms with Crippen molar-refractivity contribution < 1.29 is 9.21 Å². The third-order valence-electron chi connectivity index (χ3n) is 3.96. The van der Waals surface area contributed by atoms with Gasteiger partial charge in [-0.25, -0.2) is 0 Å². The first-order valence-electron chi connectivity index (χ1n) is 7.31. The number of hydrogen-bond donors (Lipinski definition) is 0. The SMILES string of the molecule is Cc1cc(C(=O)N2CCN(c3ccccc3)CC2)c(C)o1. The van der Waals surface area contributed by atoms with Crippen molar-refractivity contribution in [2.24, 2.45) is 0 Å². The first-order chi connectivity index (χ1) is 10.1. The molecule has 0 N–H and O–H groups in total. The first-order valence-corrected chi connectivity index (χ1v) is 7.31. The van der Waals surface area contributed by atoms with Crippen molar-refractivity contribution in [3.8, 4) is 0 Å². The Hall–Kier alpha value is -2.23. The predicted molar refractivity (Wildman–Crippen MR) is 82.7 cm³/mol. The summed E-state index contributed by atoms with van der Waals surface area (Å²) in [5.74, 6) is 1.58. The summed E-state index contributed by atoms with van der Waals surface area (Å²) >= 11 is 0. The molecule has 2 aromatic rings. The number of benzene rings is 1. The molecule has 1 amide bonds. The lowest BCUT2D eigenvalue weighted by Crippen LogP contribution is -2.48. The Morgan fingerprint density at radius 2 is 1.71 bits per heavy atom. The van der Waals surface area contributed by atoms with Crippen molar-refractivity contribution in [2.75, 3.05) is 31.1 Å². The van der Waals surface area contributed by atoms with Crippen molar-refractivity contribution in [1.29, 1.82) is 0 Å². The van der Waals surface area contributed by atoms with E-state index in [1.165, 1.54) is 5.69 Å². The van der Waals surface area contributed by atoms with Crippen LogP contribution in [-0.2, 0) is 0 Å². The number of para-hydroxylation sites is 1. The molecular formula is C17H20N2O2. The maximum Gasteiger partial charge on any atom is 0.257 e. The lowest BCUT2D eigenvalue weighted by molar-refractivity contribution is 0.0745. The number of furan rings is 1. The molecule has 3 rings (SSSR count). The summed E-state index contributed by atoms with van der Waals surface area (Å²) in [4.78, 5) is 16.8. The molecule has 110 valence electrons. The number of carbonyl (C=O) groups is 1. The molecule has 1 aromatic carbocycles. The molecule has 4 heteroatoms. The molecule has 0 unspecified atom stereocenters. The highest BCUT2D eigenvalue weighted by molar-refractivity contribution is 5.95. The van der Waals surface area contributed by atoms with Crippen molar-refractivity contribution in [2.45, 2.75) is 13.8 Å². The highest BCUT2D eigenvalue weighted by atomic mass is 16.3. The highest BCUT2D eigenvalue weighted by Gasteiger charge is 2.24. The molecule has 0 aliphatic carbocycles. The van der Waals surface area contributed by atoms with Gasteiger partial charge >= 0.3 is 0 Å². The van der Waals surface area contributed by atoms with Gasteiger partial charge in [-0.2, -0.15) is 0 Å². The zero-order valence-electron chi connectivity index (χ0n) is 12.5. The van der Waals surface area contributed by atoms with Crippen LogP contribution >= 0.6 is 0 Å². The molecule has 1 aliphatic rings. The number of anilines is 1. The fourth-order valence-corrected chi connectivity index (χ4v) is 2.82.